The summed E-state index contributed by atoms with van der Waals surface area (Å²) in [5.74, 6) is -0.639. The molecule has 2 rings (SSSR count). The Labute approximate surface area is 118 Å². The van der Waals surface area contributed by atoms with Crippen LogP contribution < -0.4 is 0 Å². The first-order valence-electron chi connectivity index (χ1n) is 4.93. The van der Waals surface area contributed by atoms with Crippen LogP contribution in [0.5, 0.6) is 0 Å². The molecule has 1 N–H and O–H groups in total. The van der Waals surface area contributed by atoms with Gasteiger partial charge in [0.15, 0.2) is 5.82 Å². The van der Waals surface area contributed by atoms with E-state index in [1.165, 1.54) is 24.4 Å². The molecule has 0 atom stereocenters. The highest BCUT2D eigenvalue weighted by molar-refractivity contribution is 6.45. The van der Waals surface area contributed by atoms with Gasteiger partial charge in [-0.2, -0.15) is 0 Å². The van der Waals surface area contributed by atoms with Gasteiger partial charge in [-0.25, -0.2) is 4.39 Å². The number of nitrogens with zero attached hydrogens (tertiary/aromatic N) is 1. The second kappa shape index (κ2) is 5.41. The number of aromatic nitrogens is 1. The zero-order valence-electron chi connectivity index (χ0n) is 8.92. The Kier molecular flexibility index (Phi) is 4.07. The van der Waals surface area contributed by atoms with E-state index >= 15 is 0 Å². The van der Waals surface area contributed by atoms with Gasteiger partial charge in [-0.15, -0.1) is 0 Å². The normalized spacial score (nSPS) is 10.7. The minimum Gasteiger partial charge on any atom is -0.392 e. The molecule has 2 nitrogen and oxygen atoms in total. The molecular weight excluding hydrogens is 299 g/mol. The van der Waals surface area contributed by atoms with E-state index in [1.54, 1.807) is 0 Å². The first-order chi connectivity index (χ1) is 8.54. The molecule has 0 fully saturated rings. The van der Waals surface area contributed by atoms with Crippen molar-refractivity contribution in [2.75, 3.05) is 0 Å². The fourth-order valence-corrected chi connectivity index (χ4v) is 2.21. The van der Waals surface area contributed by atoms with Crippen LogP contribution in [0, 0.1) is 5.82 Å². The van der Waals surface area contributed by atoms with Gasteiger partial charge in [0, 0.05) is 22.3 Å². The Morgan fingerprint density at radius 1 is 1.22 bits per heavy atom. The molecule has 1 heterocycles. The highest BCUT2D eigenvalue weighted by atomic mass is 35.5. The van der Waals surface area contributed by atoms with Gasteiger partial charge in [0.05, 0.1) is 16.7 Å². The summed E-state index contributed by atoms with van der Waals surface area (Å²) in [4.78, 5) is 3.91. The molecule has 0 aliphatic rings. The van der Waals surface area contributed by atoms with E-state index in [4.69, 9.17) is 39.9 Å². The summed E-state index contributed by atoms with van der Waals surface area (Å²) >= 11 is 17.7. The van der Waals surface area contributed by atoms with Crippen molar-refractivity contribution in [1.29, 1.82) is 0 Å². The lowest BCUT2D eigenvalue weighted by atomic mass is 10.1. The van der Waals surface area contributed by atoms with Crippen LogP contribution in [0.2, 0.25) is 15.1 Å². The smallest absolute Gasteiger partial charge is 0.155 e. The monoisotopic (exact) mass is 305 g/mol. The number of rotatable bonds is 2. The van der Waals surface area contributed by atoms with E-state index in [0.29, 0.717) is 10.6 Å². The van der Waals surface area contributed by atoms with E-state index in [-0.39, 0.29) is 21.3 Å². The lowest BCUT2D eigenvalue weighted by molar-refractivity contribution is 0.275. The standard InChI is InChI=1S/C12H7Cl3FNO/c13-7-3-8(10(15)9(14)4-7)12-11(16)6(5-18)1-2-17-12/h1-4,18H,5H2. The Morgan fingerprint density at radius 2 is 1.94 bits per heavy atom. The number of aliphatic hydroxyl groups excluding tert-OH is 1. The minimum absolute atomic E-state index is 0.0101. The van der Waals surface area contributed by atoms with Crippen LogP contribution in [-0.2, 0) is 6.61 Å². The molecule has 0 saturated heterocycles. The van der Waals surface area contributed by atoms with Crippen LogP contribution in [0.1, 0.15) is 5.56 Å². The second-order valence-electron chi connectivity index (χ2n) is 3.54. The number of pyridine rings is 1. The van der Waals surface area contributed by atoms with Crippen molar-refractivity contribution >= 4 is 34.8 Å². The molecule has 0 unspecified atom stereocenters. The van der Waals surface area contributed by atoms with Crippen molar-refractivity contribution in [2.45, 2.75) is 6.61 Å². The molecule has 0 spiro atoms. The van der Waals surface area contributed by atoms with Crippen molar-refractivity contribution in [1.82, 2.24) is 4.98 Å². The lowest BCUT2D eigenvalue weighted by Crippen LogP contribution is -1.97. The molecule has 18 heavy (non-hydrogen) atoms. The minimum atomic E-state index is -0.639. The molecule has 1 aromatic carbocycles. The van der Waals surface area contributed by atoms with Crippen molar-refractivity contribution in [3.63, 3.8) is 0 Å². The fraction of sp³-hybridized carbons (Fsp3) is 0.0833. The SMILES string of the molecule is OCc1ccnc(-c2cc(Cl)cc(Cl)c2Cl)c1F. The van der Waals surface area contributed by atoms with Gasteiger partial charge >= 0.3 is 0 Å². The predicted molar refractivity (Wildman–Crippen MR) is 70.6 cm³/mol. The third-order valence-corrected chi connectivity index (χ3v) is 3.41. The van der Waals surface area contributed by atoms with Gasteiger partial charge in [-0.1, -0.05) is 34.8 Å². The number of aliphatic hydroxyl groups is 1. The maximum absolute atomic E-state index is 14.0. The number of benzene rings is 1. The van der Waals surface area contributed by atoms with Gasteiger partial charge in [0.25, 0.3) is 0 Å². The Bertz CT molecular complexity index is 604. The van der Waals surface area contributed by atoms with Gasteiger partial charge < -0.3 is 5.11 Å². The molecule has 2 aromatic rings. The molecule has 0 aliphatic heterocycles. The zero-order valence-corrected chi connectivity index (χ0v) is 11.2. The summed E-state index contributed by atoms with van der Waals surface area (Å²) in [5.41, 5.74) is 0.435. The fourth-order valence-electron chi connectivity index (χ4n) is 1.52. The maximum Gasteiger partial charge on any atom is 0.155 e. The number of halogens is 4. The average molecular weight is 307 g/mol. The summed E-state index contributed by atoms with van der Waals surface area (Å²) in [6, 6.07) is 4.32. The van der Waals surface area contributed by atoms with Gasteiger partial charge in [-0.3, -0.25) is 4.98 Å². The second-order valence-corrected chi connectivity index (χ2v) is 4.76. The summed E-state index contributed by atoms with van der Waals surface area (Å²) < 4.78 is 14.0. The van der Waals surface area contributed by atoms with E-state index in [1.807, 2.05) is 0 Å². The van der Waals surface area contributed by atoms with E-state index < -0.39 is 12.4 Å². The zero-order chi connectivity index (χ0) is 13.3. The summed E-state index contributed by atoms with van der Waals surface area (Å²) in [6.45, 7) is -0.423. The van der Waals surface area contributed by atoms with Crippen molar-refractivity contribution in [3.8, 4) is 11.3 Å². The molecule has 0 bridgehead atoms. The molecule has 94 valence electrons. The van der Waals surface area contributed by atoms with E-state index in [2.05, 4.69) is 4.98 Å². The summed E-state index contributed by atoms with van der Waals surface area (Å²) in [6.07, 6.45) is 1.38. The van der Waals surface area contributed by atoms with Crippen LogP contribution in [0.3, 0.4) is 0 Å². The Morgan fingerprint density at radius 3 is 2.61 bits per heavy atom. The highest BCUT2D eigenvalue weighted by Gasteiger charge is 2.16. The van der Waals surface area contributed by atoms with Crippen LogP contribution in [0.4, 0.5) is 4.39 Å². The molecule has 0 aliphatic carbocycles. The highest BCUT2D eigenvalue weighted by Crippen LogP contribution is 2.36. The van der Waals surface area contributed by atoms with Gasteiger partial charge in [-0.05, 0) is 18.2 Å². The van der Waals surface area contributed by atoms with Crippen LogP contribution in [0.15, 0.2) is 24.4 Å². The molecule has 0 saturated carbocycles. The Balaban J connectivity index is 2.69. The van der Waals surface area contributed by atoms with Gasteiger partial charge in [0.1, 0.15) is 5.69 Å². The van der Waals surface area contributed by atoms with Crippen molar-refractivity contribution in [3.05, 3.63) is 50.8 Å². The van der Waals surface area contributed by atoms with E-state index in [0.717, 1.165) is 0 Å². The Hall–Kier alpha value is -0.870. The summed E-state index contributed by atoms with van der Waals surface area (Å²) in [5, 5.41) is 9.73. The molecule has 0 radical (unpaired) electrons. The average Bonchev–Trinajstić information content (AvgIpc) is 2.34. The van der Waals surface area contributed by atoms with Crippen LogP contribution >= 0.6 is 34.8 Å². The first-order valence-corrected chi connectivity index (χ1v) is 6.07. The van der Waals surface area contributed by atoms with Crippen molar-refractivity contribution in [2.24, 2.45) is 0 Å². The summed E-state index contributed by atoms with van der Waals surface area (Å²) in [7, 11) is 0. The van der Waals surface area contributed by atoms with Crippen LogP contribution in [0.25, 0.3) is 11.3 Å². The predicted octanol–water partition coefficient (Wildman–Crippen LogP) is 4.34. The van der Waals surface area contributed by atoms with Crippen molar-refractivity contribution < 1.29 is 9.50 Å². The van der Waals surface area contributed by atoms with E-state index in [9.17, 15) is 4.39 Å². The third-order valence-electron chi connectivity index (χ3n) is 2.39. The first kappa shape index (κ1) is 13.6. The maximum atomic E-state index is 14.0. The quantitative estimate of drug-likeness (QED) is 0.837. The topological polar surface area (TPSA) is 33.1 Å². The van der Waals surface area contributed by atoms with Crippen LogP contribution in [-0.4, -0.2) is 10.1 Å². The molecule has 1 aromatic heterocycles. The molecule has 0 amide bonds. The number of hydrogen-bond acceptors (Lipinski definition) is 2. The number of hydrogen-bond donors (Lipinski definition) is 1. The molecule has 6 heteroatoms. The third kappa shape index (κ3) is 2.45. The largest absolute Gasteiger partial charge is 0.392 e. The molecular formula is C12H7Cl3FNO. The van der Waals surface area contributed by atoms with Gasteiger partial charge in [0.2, 0.25) is 0 Å². The lowest BCUT2D eigenvalue weighted by Gasteiger charge is -2.09.